The van der Waals surface area contributed by atoms with E-state index in [0.717, 1.165) is 54.4 Å². The van der Waals surface area contributed by atoms with Crippen molar-refractivity contribution in [3.8, 4) is 11.5 Å². The molecule has 5 nitrogen and oxygen atoms in total. The average Bonchev–Trinajstić information content (AvgIpc) is 3.50. The summed E-state index contributed by atoms with van der Waals surface area (Å²) in [6, 6.07) is 16.6. The van der Waals surface area contributed by atoms with Gasteiger partial charge in [-0.25, -0.2) is 0 Å². The van der Waals surface area contributed by atoms with Crippen LogP contribution < -0.4 is 9.47 Å². The van der Waals surface area contributed by atoms with E-state index in [9.17, 15) is 4.79 Å². The van der Waals surface area contributed by atoms with Crippen LogP contribution in [-0.4, -0.2) is 36.1 Å². The van der Waals surface area contributed by atoms with E-state index in [2.05, 4.69) is 47.6 Å². The first-order valence-corrected chi connectivity index (χ1v) is 13.1. The summed E-state index contributed by atoms with van der Waals surface area (Å²) in [6.45, 7) is 5.86. The monoisotopic (exact) mass is 488 g/mol. The number of aromatic nitrogens is 1. The fourth-order valence-electron chi connectivity index (χ4n) is 5.20. The lowest BCUT2D eigenvalue weighted by Crippen LogP contribution is -2.40. The molecule has 0 N–H and O–H groups in total. The zero-order valence-corrected chi connectivity index (χ0v) is 21.7. The highest BCUT2D eigenvalue weighted by molar-refractivity contribution is 7.12. The predicted molar refractivity (Wildman–Crippen MR) is 142 cm³/mol. The lowest BCUT2D eigenvalue weighted by Gasteiger charge is -2.36. The number of hydrogen-bond donors (Lipinski definition) is 0. The van der Waals surface area contributed by atoms with Gasteiger partial charge in [-0.15, -0.1) is 11.3 Å². The zero-order valence-electron chi connectivity index (χ0n) is 20.8. The molecule has 0 fully saturated rings. The van der Waals surface area contributed by atoms with E-state index in [1.165, 1.54) is 15.3 Å². The number of para-hydroxylation sites is 1. The van der Waals surface area contributed by atoms with Crippen molar-refractivity contribution in [3.63, 3.8) is 0 Å². The standard InChI is InChI=1S/C29H32N2O3S/c1-5-21-17-20-13-14-31(29(32)23-18-30(6-2)24-10-8-7-9-22(23)24)25(28(20)35-21)15-19-11-12-26(33-3)27(16-19)34-4/h7-12,16-18,25H,5-6,13-15H2,1-4H3. The number of methoxy groups -OCH3 is 2. The number of benzene rings is 2. The van der Waals surface area contributed by atoms with Crippen molar-refractivity contribution >= 4 is 28.1 Å². The van der Waals surface area contributed by atoms with E-state index < -0.39 is 0 Å². The molecule has 3 heterocycles. The van der Waals surface area contributed by atoms with Crippen molar-refractivity contribution in [2.45, 2.75) is 45.7 Å². The summed E-state index contributed by atoms with van der Waals surface area (Å²) in [7, 11) is 3.31. The number of carbonyl (C=O) groups excluding carboxylic acids is 1. The molecular formula is C29H32N2O3S. The number of fused-ring (bicyclic) bond motifs is 2. The molecule has 1 aliphatic heterocycles. The molecule has 35 heavy (non-hydrogen) atoms. The molecule has 182 valence electrons. The van der Waals surface area contributed by atoms with Crippen molar-refractivity contribution < 1.29 is 14.3 Å². The van der Waals surface area contributed by atoms with Gasteiger partial charge in [0.2, 0.25) is 0 Å². The Kier molecular flexibility index (Phi) is 6.56. The van der Waals surface area contributed by atoms with Crippen LogP contribution in [0.4, 0.5) is 0 Å². The van der Waals surface area contributed by atoms with Gasteiger partial charge in [0.05, 0.1) is 25.8 Å². The first-order chi connectivity index (χ1) is 17.1. The zero-order chi connectivity index (χ0) is 24.5. The van der Waals surface area contributed by atoms with Crippen molar-refractivity contribution in [1.29, 1.82) is 0 Å². The lowest BCUT2D eigenvalue weighted by molar-refractivity contribution is 0.0666. The third-order valence-electron chi connectivity index (χ3n) is 7.04. The van der Waals surface area contributed by atoms with Gasteiger partial charge in [-0.05, 0) is 61.6 Å². The van der Waals surface area contributed by atoms with E-state index >= 15 is 0 Å². The number of aryl methyl sites for hydroxylation is 2. The largest absolute Gasteiger partial charge is 0.493 e. The minimum Gasteiger partial charge on any atom is -0.493 e. The second kappa shape index (κ2) is 9.78. The Labute approximate surface area is 210 Å². The molecule has 1 aliphatic rings. The molecule has 1 amide bonds. The van der Waals surface area contributed by atoms with E-state index in [0.29, 0.717) is 11.5 Å². The molecule has 0 radical (unpaired) electrons. The minimum atomic E-state index is -0.0154. The van der Waals surface area contributed by atoms with Crippen LogP contribution >= 0.6 is 11.3 Å². The quantitative estimate of drug-likeness (QED) is 0.307. The minimum absolute atomic E-state index is 0.0154. The van der Waals surface area contributed by atoms with Crippen LogP contribution in [0.25, 0.3) is 10.9 Å². The molecule has 0 spiro atoms. The third-order valence-corrected chi connectivity index (χ3v) is 8.46. The van der Waals surface area contributed by atoms with Gasteiger partial charge in [0.15, 0.2) is 11.5 Å². The van der Waals surface area contributed by atoms with Crippen LogP contribution in [-0.2, 0) is 25.8 Å². The van der Waals surface area contributed by atoms with Crippen LogP contribution in [0, 0.1) is 0 Å². The molecule has 0 saturated carbocycles. The fourth-order valence-corrected chi connectivity index (χ4v) is 6.47. The highest BCUT2D eigenvalue weighted by atomic mass is 32.1. The Morgan fingerprint density at radius 1 is 1.06 bits per heavy atom. The second-order valence-corrected chi connectivity index (χ2v) is 10.1. The summed E-state index contributed by atoms with van der Waals surface area (Å²) in [5.41, 5.74) is 4.41. The van der Waals surface area contributed by atoms with Crippen molar-refractivity contribution in [2.75, 3.05) is 20.8 Å². The molecule has 2 aromatic carbocycles. The molecule has 1 unspecified atom stereocenters. The van der Waals surface area contributed by atoms with Crippen molar-refractivity contribution in [3.05, 3.63) is 81.2 Å². The number of hydrogen-bond acceptors (Lipinski definition) is 4. The maximum atomic E-state index is 14.1. The molecule has 0 aliphatic carbocycles. The lowest BCUT2D eigenvalue weighted by atomic mass is 9.94. The van der Waals surface area contributed by atoms with E-state index in [-0.39, 0.29) is 11.9 Å². The number of carbonyl (C=O) groups is 1. The van der Waals surface area contributed by atoms with Crippen molar-refractivity contribution in [2.24, 2.45) is 0 Å². The molecule has 2 aromatic heterocycles. The predicted octanol–water partition coefficient (Wildman–Crippen LogP) is 6.28. The number of nitrogens with zero attached hydrogens (tertiary/aromatic N) is 2. The molecule has 5 rings (SSSR count). The molecule has 1 atom stereocenters. The maximum Gasteiger partial charge on any atom is 0.256 e. The summed E-state index contributed by atoms with van der Waals surface area (Å²) < 4.78 is 13.2. The summed E-state index contributed by atoms with van der Waals surface area (Å²) in [5, 5.41) is 1.02. The van der Waals surface area contributed by atoms with E-state index in [1.54, 1.807) is 14.2 Å². The Bertz CT molecular complexity index is 1370. The fraction of sp³-hybridized carbons (Fsp3) is 0.345. The number of amides is 1. The Morgan fingerprint density at radius 3 is 2.60 bits per heavy atom. The normalized spacial score (nSPS) is 15.3. The summed E-state index contributed by atoms with van der Waals surface area (Å²) in [4.78, 5) is 18.9. The van der Waals surface area contributed by atoms with Crippen LogP contribution in [0.2, 0.25) is 0 Å². The van der Waals surface area contributed by atoms with Gasteiger partial charge >= 0.3 is 0 Å². The number of thiophene rings is 1. The Balaban J connectivity index is 1.56. The topological polar surface area (TPSA) is 43.7 Å². The first-order valence-electron chi connectivity index (χ1n) is 12.3. The smallest absolute Gasteiger partial charge is 0.256 e. The summed E-state index contributed by atoms with van der Waals surface area (Å²) in [6.07, 6.45) is 4.67. The van der Waals surface area contributed by atoms with Gasteiger partial charge in [-0.1, -0.05) is 31.2 Å². The average molecular weight is 489 g/mol. The van der Waals surface area contributed by atoms with Crippen LogP contribution in [0.1, 0.15) is 51.1 Å². The third kappa shape index (κ3) is 4.20. The highest BCUT2D eigenvalue weighted by Gasteiger charge is 2.34. The van der Waals surface area contributed by atoms with Gasteiger partial charge in [0, 0.05) is 39.9 Å². The van der Waals surface area contributed by atoms with Gasteiger partial charge < -0.3 is 18.9 Å². The summed E-state index contributed by atoms with van der Waals surface area (Å²) >= 11 is 1.85. The SMILES string of the molecule is CCc1cc2c(s1)C(Cc1ccc(OC)c(OC)c1)N(C(=O)c1cn(CC)c3ccccc13)CC2. The molecule has 4 aromatic rings. The molecule has 0 saturated heterocycles. The molecule has 6 heteroatoms. The number of ether oxygens (including phenoxy) is 2. The second-order valence-electron chi connectivity index (χ2n) is 8.96. The van der Waals surface area contributed by atoms with Crippen molar-refractivity contribution in [1.82, 2.24) is 9.47 Å². The number of rotatable bonds is 7. The van der Waals surface area contributed by atoms with Crippen LogP contribution in [0.5, 0.6) is 11.5 Å². The Morgan fingerprint density at radius 2 is 1.86 bits per heavy atom. The maximum absolute atomic E-state index is 14.1. The van der Waals surface area contributed by atoms with Gasteiger partial charge in [-0.3, -0.25) is 4.79 Å². The molecule has 0 bridgehead atoms. The van der Waals surface area contributed by atoms with Gasteiger partial charge in [0.25, 0.3) is 5.91 Å². The van der Waals surface area contributed by atoms with Gasteiger partial charge in [0.1, 0.15) is 0 Å². The van der Waals surface area contributed by atoms with Crippen LogP contribution in [0.3, 0.4) is 0 Å². The van der Waals surface area contributed by atoms with E-state index in [1.807, 2.05) is 41.8 Å². The molecular weight excluding hydrogens is 456 g/mol. The summed E-state index contributed by atoms with van der Waals surface area (Å²) in [5.74, 6) is 1.53. The highest BCUT2D eigenvalue weighted by Crippen LogP contribution is 2.41. The first kappa shape index (κ1) is 23.5. The van der Waals surface area contributed by atoms with Crippen LogP contribution in [0.15, 0.2) is 54.7 Å². The Hall–Kier alpha value is -3.25. The van der Waals surface area contributed by atoms with Gasteiger partial charge in [-0.2, -0.15) is 0 Å². The van der Waals surface area contributed by atoms with E-state index in [4.69, 9.17) is 9.47 Å².